The first-order chi connectivity index (χ1) is 14.9. The highest BCUT2D eigenvalue weighted by Crippen LogP contribution is 2.35. The summed E-state index contributed by atoms with van der Waals surface area (Å²) in [7, 11) is 0. The van der Waals surface area contributed by atoms with Gasteiger partial charge < -0.3 is 14.8 Å². The number of hydrogen-bond acceptors (Lipinski definition) is 8. The summed E-state index contributed by atoms with van der Waals surface area (Å²) in [4.78, 5) is 34.5. The second-order valence-electron chi connectivity index (χ2n) is 7.64. The Kier molecular flexibility index (Phi) is 7.57. The van der Waals surface area contributed by atoms with Crippen molar-refractivity contribution in [3.63, 3.8) is 0 Å². The number of nitrogens with one attached hydrogen (secondary N) is 1. The minimum absolute atomic E-state index is 0.266. The van der Waals surface area contributed by atoms with Gasteiger partial charge in [-0.25, -0.2) is 19.6 Å². The van der Waals surface area contributed by atoms with Crippen molar-refractivity contribution in [2.45, 2.75) is 40.5 Å². The van der Waals surface area contributed by atoms with Crippen molar-refractivity contribution in [3.8, 4) is 0 Å². The van der Waals surface area contributed by atoms with Crippen molar-refractivity contribution in [1.29, 1.82) is 0 Å². The van der Waals surface area contributed by atoms with E-state index in [1.54, 1.807) is 24.3 Å². The molecule has 0 bridgehead atoms. The summed E-state index contributed by atoms with van der Waals surface area (Å²) in [5, 5.41) is 4.04. The molecule has 0 amide bonds. The number of rotatable bonds is 9. The summed E-state index contributed by atoms with van der Waals surface area (Å²) in [5.74, 6) is 0.191. The Balaban J connectivity index is 1.79. The zero-order valence-electron chi connectivity index (χ0n) is 18.2. The molecule has 0 saturated heterocycles. The van der Waals surface area contributed by atoms with Crippen molar-refractivity contribution in [3.05, 3.63) is 46.6 Å². The van der Waals surface area contributed by atoms with Crippen LogP contribution in [0.5, 0.6) is 0 Å². The monoisotopic (exact) mass is 441 g/mol. The summed E-state index contributed by atoms with van der Waals surface area (Å²) in [6.45, 7) is 8.70. The van der Waals surface area contributed by atoms with E-state index in [4.69, 9.17) is 9.47 Å². The number of hydrogen-bond donors (Lipinski definition) is 1. The molecule has 0 aliphatic carbocycles. The molecular formula is C23H27N3O4S. The maximum absolute atomic E-state index is 12.5. The topological polar surface area (TPSA) is 90.4 Å². The number of thiophene rings is 1. The fourth-order valence-corrected chi connectivity index (χ4v) is 3.93. The highest BCUT2D eigenvalue weighted by atomic mass is 32.1. The highest BCUT2D eigenvalue weighted by molar-refractivity contribution is 7.20. The number of anilines is 2. The van der Waals surface area contributed by atoms with Gasteiger partial charge >= 0.3 is 11.9 Å². The second kappa shape index (κ2) is 10.3. The Morgan fingerprint density at radius 2 is 1.84 bits per heavy atom. The molecular weight excluding hydrogens is 414 g/mol. The smallest absolute Gasteiger partial charge is 0.348 e. The first kappa shape index (κ1) is 22.7. The molecule has 0 unspecified atom stereocenters. The summed E-state index contributed by atoms with van der Waals surface area (Å²) < 4.78 is 10.6. The lowest BCUT2D eigenvalue weighted by atomic mass is 10.2. The number of esters is 2. The molecule has 164 valence electrons. The predicted octanol–water partition coefficient (Wildman–Crippen LogP) is 5.51. The van der Waals surface area contributed by atoms with Crippen LogP contribution in [-0.2, 0) is 9.47 Å². The van der Waals surface area contributed by atoms with E-state index in [0.717, 1.165) is 29.5 Å². The van der Waals surface area contributed by atoms with Gasteiger partial charge in [0.05, 0.1) is 24.2 Å². The highest BCUT2D eigenvalue weighted by Gasteiger charge is 2.21. The molecule has 2 heterocycles. The van der Waals surface area contributed by atoms with Crippen LogP contribution in [0.15, 0.2) is 30.6 Å². The summed E-state index contributed by atoms with van der Waals surface area (Å²) in [6, 6.07) is 7.02. The number of aryl methyl sites for hydroxylation is 1. The first-order valence-electron chi connectivity index (χ1n) is 10.4. The van der Waals surface area contributed by atoms with Crippen molar-refractivity contribution in [1.82, 2.24) is 9.97 Å². The fourth-order valence-electron chi connectivity index (χ4n) is 2.89. The van der Waals surface area contributed by atoms with E-state index in [0.29, 0.717) is 34.3 Å². The second-order valence-corrected chi connectivity index (χ2v) is 8.64. The lowest BCUT2D eigenvalue weighted by Crippen LogP contribution is -2.09. The Bertz CT molecular complexity index is 1060. The Morgan fingerprint density at radius 3 is 2.52 bits per heavy atom. The van der Waals surface area contributed by atoms with Crippen molar-refractivity contribution in [2.24, 2.45) is 5.92 Å². The van der Waals surface area contributed by atoms with Crippen LogP contribution in [0.3, 0.4) is 0 Å². The number of fused-ring (bicyclic) bond motifs is 1. The van der Waals surface area contributed by atoms with E-state index in [-0.39, 0.29) is 17.9 Å². The van der Waals surface area contributed by atoms with E-state index in [2.05, 4.69) is 15.3 Å². The van der Waals surface area contributed by atoms with E-state index >= 15 is 0 Å². The molecule has 31 heavy (non-hydrogen) atoms. The number of unbranched alkanes of at least 4 members (excludes halogenated alkanes) is 1. The van der Waals surface area contributed by atoms with E-state index in [1.807, 2.05) is 27.7 Å². The predicted molar refractivity (Wildman–Crippen MR) is 122 cm³/mol. The molecule has 8 heteroatoms. The first-order valence-corrected chi connectivity index (χ1v) is 11.2. The number of carbonyl (C=O) groups excluding carboxylic acids is 2. The van der Waals surface area contributed by atoms with Crippen molar-refractivity contribution < 1.29 is 19.1 Å². The quantitative estimate of drug-likeness (QED) is 0.346. The van der Waals surface area contributed by atoms with Gasteiger partial charge in [0.2, 0.25) is 0 Å². The van der Waals surface area contributed by atoms with Gasteiger partial charge in [-0.15, -0.1) is 11.3 Å². The minimum atomic E-state index is -0.342. The average Bonchev–Trinajstić information content (AvgIpc) is 3.10. The van der Waals surface area contributed by atoms with Crippen LogP contribution in [0.2, 0.25) is 0 Å². The van der Waals surface area contributed by atoms with Crippen LogP contribution in [-0.4, -0.2) is 35.1 Å². The van der Waals surface area contributed by atoms with Crippen LogP contribution in [0, 0.1) is 12.8 Å². The van der Waals surface area contributed by atoms with E-state index < -0.39 is 0 Å². The van der Waals surface area contributed by atoms with Gasteiger partial charge in [0.1, 0.15) is 21.9 Å². The Morgan fingerprint density at radius 1 is 1.10 bits per heavy atom. The van der Waals surface area contributed by atoms with Gasteiger partial charge in [-0.05, 0) is 49.1 Å². The maximum atomic E-state index is 12.5. The molecule has 1 N–H and O–H groups in total. The van der Waals surface area contributed by atoms with Crippen LogP contribution in [0.4, 0.5) is 11.5 Å². The minimum Gasteiger partial charge on any atom is -0.462 e. The summed E-state index contributed by atoms with van der Waals surface area (Å²) in [6.07, 6.45) is 3.29. The molecule has 2 aromatic heterocycles. The van der Waals surface area contributed by atoms with Crippen LogP contribution in [0.1, 0.15) is 59.2 Å². The molecule has 0 atom stereocenters. The van der Waals surface area contributed by atoms with Gasteiger partial charge in [0.25, 0.3) is 0 Å². The van der Waals surface area contributed by atoms with Gasteiger partial charge in [-0.2, -0.15) is 0 Å². The lowest BCUT2D eigenvalue weighted by molar-refractivity contribution is 0.0462. The normalized spacial score (nSPS) is 11.0. The largest absolute Gasteiger partial charge is 0.462 e. The standard InChI is InChI=1S/C23H27N3O4S/c1-5-6-11-29-22(27)16-7-9-17(10-8-16)26-20-18-15(4)19(23(28)30-12-14(2)3)31-21(18)25-13-24-20/h7-10,13-14H,5-6,11-12H2,1-4H3,(H,24,25,26). The van der Waals surface area contributed by atoms with Crippen LogP contribution in [0.25, 0.3) is 10.2 Å². The van der Waals surface area contributed by atoms with Gasteiger partial charge in [0.15, 0.2) is 0 Å². The van der Waals surface area contributed by atoms with Gasteiger partial charge in [-0.3, -0.25) is 0 Å². The molecule has 7 nitrogen and oxygen atoms in total. The third-order valence-electron chi connectivity index (χ3n) is 4.57. The third-order valence-corrected chi connectivity index (χ3v) is 5.75. The molecule has 1 aromatic carbocycles. The molecule has 0 aliphatic heterocycles. The Hall–Kier alpha value is -3.00. The number of ether oxygens (including phenoxy) is 2. The summed E-state index contributed by atoms with van der Waals surface area (Å²) >= 11 is 1.30. The van der Waals surface area contributed by atoms with Gasteiger partial charge in [-0.1, -0.05) is 27.2 Å². The van der Waals surface area contributed by atoms with Crippen molar-refractivity contribution in [2.75, 3.05) is 18.5 Å². The summed E-state index contributed by atoms with van der Waals surface area (Å²) in [5.41, 5.74) is 2.05. The third kappa shape index (κ3) is 5.58. The molecule has 0 aliphatic rings. The zero-order valence-corrected chi connectivity index (χ0v) is 19.0. The maximum Gasteiger partial charge on any atom is 0.348 e. The lowest BCUT2D eigenvalue weighted by Gasteiger charge is -2.09. The van der Waals surface area contributed by atoms with E-state index in [1.165, 1.54) is 17.7 Å². The molecule has 0 spiro atoms. The number of benzene rings is 1. The van der Waals surface area contributed by atoms with E-state index in [9.17, 15) is 9.59 Å². The molecule has 0 fully saturated rings. The SMILES string of the molecule is CCCCOC(=O)c1ccc(Nc2ncnc3sc(C(=O)OCC(C)C)c(C)c23)cc1. The number of aromatic nitrogens is 2. The zero-order chi connectivity index (χ0) is 22.4. The fraction of sp³-hybridized carbons (Fsp3) is 0.391. The van der Waals surface area contributed by atoms with Crippen LogP contribution < -0.4 is 5.32 Å². The van der Waals surface area contributed by atoms with Gasteiger partial charge in [0, 0.05) is 5.69 Å². The molecule has 3 rings (SSSR count). The molecule has 3 aromatic rings. The van der Waals surface area contributed by atoms with Crippen LogP contribution >= 0.6 is 11.3 Å². The van der Waals surface area contributed by atoms with Crippen molar-refractivity contribution >= 4 is 45.0 Å². The molecule has 0 radical (unpaired) electrons. The number of carbonyl (C=O) groups is 2. The Labute approximate surface area is 185 Å². The number of nitrogens with zero attached hydrogens (tertiary/aromatic N) is 2. The molecule has 0 saturated carbocycles. The average molecular weight is 442 g/mol.